The Balaban J connectivity index is 2.43. The van der Waals surface area contributed by atoms with Crippen molar-refractivity contribution in [2.24, 2.45) is 0 Å². The van der Waals surface area contributed by atoms with Gasteiger partial charge in [-0.25, -0.2) is 4.79 Å². The maximum atomic E-state index is 12.2. The van der Waals surface area contributed by atoms with Gasteiger partial charge in [0, 0.05) is 6.54 Å². The first kappa shape index (κ1) is 15.3. The molecule has 0 bridgehead atoms. The van der Waals surface area contributed by atoms with Crippen LogP contribution in [0.5, 0.6) is 0 Å². The molecule has 0 aliphatic rings. The second-order valence-corrected chi connectivity index (χ2v) is 5.20. The second-order valence-electron chi connectivity index (χ2n) is 5.20. The minimum absolute atomic E-state index is 0.257. The van der Waals surface area contributed by atoms with Gasteiger partial charge in [0.2, 0.25) is 0 Å². The van der Waals surface area contributed by atoms with Crippen LogP contribution in [-0.2, 0) is 11.3 Å². The first-order chi connectivity index (χ1) is 10.1. The Morgan fingerprint density at radius 3 is 2.38 bits per heavy atom. The molecule has 0 saturated heterocycles. The number of rotatable bonds is 5. The summed E-state index contributed by atoms with van der Waals surface area (Å²) >= 11 is 0. The van der Waals surface area contributed by atoms with Gasteiger partial charge in [-0.15, -0.1) is 0 Å². The standard InChI is InChI=1S/C18H21NO2/c1-4-21-18(20)17-12-15(14-8-6-5-7-9-14)10-11-16(17)13-19(2)3/h5-12H,4,13H2,1-3H3. The van der Waals surface area contributed by atoms with Gasteiger partial charge in [0.05, 0.1) is 12.2 Å². The van der Waals surface area contributed by atoms with Gasteiger partial charge in [-0.2, -0.15) is 0 Å². The van der Waals surface area contributed by atoms with Crippen LogP contribution in [0.1, 0.15) is 22.8 Å². The number of hydrogen-bond acceptors (Lipinski definition) is 3. The lowest BCUT2D eigenvalue weighted by molar-refractivity contribution is 0.0524. The highest BCUT2D eigenvalue weighted by atomic mass is 16.5. The van der Waals surface area contributed by atoms with Crippen molar-refractivity contribution in [2.45, 2.75) is 13.5 Å². The van der Waals surface area contributed by atoms with Crippen molar-refractivity contribution in [3.63, 3.8) is 0 Å². The molecule has 0 spiro atoms. The monoisotopic (exact) mass is 283 g/mol. The lowest BCUT2D eigenvalue weighted by Crippen LogP contribution is -2.15. The highest BCUT2D eigenvalue weighted by molar-refractivity contribution is 5.92. The van der Waals surface area contributed by atoms with Crippen LogP contribution < -0.4 is 0 Å². The smallest absolute Gasteiger partial charge is 0.338 e. The van der Waals surface area contributed by atoms with Gasteiger partial charge >= 0.3 is 5.97 Å². The maximum absolute atomic E-state index is 12.2. The Hall–Kier alpha value is -2.13. The van der Waals surface area contributed by atoms with E-state index in [1.807, 2.05) is 68.4 Å². The van der Waals surface area contributed by atoms with Crippen LogP contribution in [-0.4, -0.2) is 31.6 Å². The third-order valence-electron chi connectivity index (χ3n) is 3.20. The van der Waals surface area contributed by atoms with Crippen molar-refractivity contribution in [1.29, 1.82) is 0 Å². The van der Waals surface area contributed by atoms with Gasteiger partial charge in [-0.1, -0.05) is 42.5 Å². The zero-order valence-electron chi connectivity index (χ0n) is 12.8. The normalized spacial score (nSPS) is 10.7. The Labute approximate surface area is 126 Å². The zero-order valence-corrected chi connectivity index (χ0v) is 12.8. The summed E-state index contributed by atoms with van der Waals surface area (Å²) in [7, 11) is 3.97. The SMILES string of the molecule is CCOC(=O)c1cc(-c2ccccc2)ccc1CN(C)C. The molecule has 0 heterocycles. The van der Waals surface area contributed by atoms with E-state index in [0.29, 0.717) is 18.7 Å². The lowest BCUT2D eigenvalue weighted by Gasteiger charge is -2.15. The number of ether oxygens (including phenoxy) is 1. The van der Waals surface area contributed by atoms with E-state index in [0.717, 1.165) is 16.7 Å². The van der Waals surface area contributed by atoms with Crippen LogP contribution in [0.3, 0.4) is 0 Å². The van der Waals surface area contributed by atoms with E-state index >= 15 is 0 Å². The molecule has 2 aromatic rings. The Kier molecular flexibility index (Phi) is 5.12. The first-order valence-corrected chi connectivity index (χ1v) is 7.12. The molecule has 0 saturated carbocycles. The van der Waals surface area contributed by atoms with E-state index in [-0.39, 0.29) is 5.97 Å². The molecule has 2 aromatic carbocycles. The molecule has 110 valence electrons. The maximum Gasteiger partial charge on any atom is 0.338 e. The summed E-state index contributed by atoms with van der Waals surface area (Å²) in [5.41, 5.74) is 3.76. The summed E-state index contributed by atoms with van der Waals surface area (Å²) in [6.45, 7) is 2.92. The van der Waals surface area contributed by atoms with E-state index in [1.165, 1.54) is 0 Å². The van der Waals surface area contributed by atoms with E-state index in [2.05, 4.69) is 6.07 Å². The summed E-state index contributed by atoms with van der Waals surface area (Å²) in [4.78, 5) is 14.2. The zero-order chi connectivity index (χ0) is 15.2. The van der Waals surface area contributed by atoms with E-state index < -0.39 is 0 Å². The molecule has 0 N–H and O–H groups in total. The number of nitrogens with zero attached hydrogens (tertiary/aromatic N) is 1. The molecule has 0 amide bonds. The summed E-state index contributed by atoms with van der Waals surface area (Å²) in [6, 6.07) is 16.0. The third-order valence-corrected chi connectivity index (χ3v) is 3.20. The number of esters is 1. The number of hydrogen-bond donors (Lipinski definition) is 0. The molecule has 21 heavy (non-hydrogen) atoms. The summed E-state index contributed by atoms with van der Waals surface area (Å²) < 4.78 is 5.18. The topological polar surface area (TPSA) is 29.5 Å². The van der Waals surface area contributed by atoms with E-state index in [4.69, 9.17) is 4.74 Å². The molecule has 0 aromatic heterocycles. The molecule has 2 rings (SSSR count). The first-order valence-electron chi connectivity index (χ1n) is 7.12. The van der Waals surface area contributed by atoms with Crippen LogP contribution in [0, 0.1) is 0 Å². The van der Waals surface area contributed by atoms with Gasteiger partial charge in [-0.05, 0) is 43.8 Å². The van der Waals surface area contributed by atoms with Crippen LogP contribution in [0.15, 0.2) is 48.5 Å². The number of carbonyl (C=O) groups excluding carboxylic acids is 1. The molecule has 0 aliphatic heterocycles. The van der Waals surface area contributed by atoms with Crippen LogP contribution in [0.4, 0.5) is 0 Å². The lowest BCUT2D eigenvalue weighted by atomic mass is 9.99. The minimum Gasteiger partial charge on any atom is -0.462 e. The van der Waals surface area contributed by atoms with Crippen molar-refractivity contribution in [3.8, 4) is 11.1 Å². The highest BCUT2D eigenvalue weighted by Gasteiger charge is 2.14. The van der Waals surface area contributed by atoms with Gasteiger partial charge in [0.1, 0.15) is 0 Å². The van der Waals surface area contributed by atoms with E-state index in [1.54, 1.807) is 0 Å². The summed E-state index contributed by atoms with van der Waals surface area (Å²) in [5, 5.41) is 0. The van der Waals surface area contributed by atoms with Gasteiger partial charge in [0.25, 0.3) is 0 Å². The molecular formula is C18H21NO2. The summed E-state index contributed by atoms with van der Waals surface area (Å²) in [6.07, 6.45) is 0. The fraction of sp³-hybridized carbons (Fsp3) is 0.278. The van der Waals surface area contributed by atoms with Crippen LogP contribution in [0.25, 0.3) is 11.1 Å². The van der Waals surface area contributed by atoms with Crippen LogP contribution in [0.2, 0.25) is 0 Å². The highest BCUT2D eigenvalue weighted by Crippen LogP contribution is 2.23. The predicted octanol–water partition coefficient (Wildman–Crippen LogP) is 3.59. The van der Waals surface area contributed by atoms with Crippen molar-refractivity contribution in [1.82, 2.24) is 4.90 Å². The Morgan fingerprint density at radius 2 is 1.76 bits per heavy atom. The third kappa shape index (κ3) is 3.92. The Morgan fingerprint density at radius 1 is 1.05 bits per heavy atom. The van der Waals surface area contributed by atoms with Gasteiger partial charge in [0.15, 0.2) is 0 Å². The molecule has 0 aliphatic carbocycles. The molecule has 3 heteroatoms. The minimum atomic E-state index is -0.257. The average Bonchev–Trinajstić information content (AvgIpc) is 2.48. The van der Waals surface area contributed by atoms with Crippen molar-refractivity contribution < 1.29 is 9.53 Å². The molecule has 0 atom stereocenters. The average molecular weight is 283 g/mol. The van der Waals surface area contributed by atoms with Crippen LogP contribution >= 0.6 is 0 Å². The largest absolute Gasteiger partial charge is 0.462 e. The van der Waals surface area contributed by atoms with Crippen molar-refractivity contribution in [2.75, 3.05) is 20.7 Å². The van der Waals surface area contributed by atoms with Crippen molar-refractivity contribution in [3.05, 3.63) is 59.7 Å². The number of benzene rings is 2. The molecule has 0 radical (unpaired) electrons. The van der Waals surface area contributed by atoms with E-state index in [9.17, 15) is 4.79 Å². The summed E-state index contributed by atoms with van der Waals surface area (Å²) in [5.74, 6) is -0.257. The molecule has 3 nitrogen and oxygen atoms in total. The van der Waals surface area contributed by atoms with Gasteiger partial charge < -0.3 is 9.64 Å². The number of carbonyl (C=O) groups is 1. The quantitative estimate of drug-likeness (QED) is 0.785. The fourth-order valence-electron chi connectivity index (χ4n) is 2.26. The Bertz CT molecular complexity index is 606. The fourth-order valence-corrected chi connectivity index (χ4v) is 2.26. The molecular weight excluding hydrogens is 262 g/mol. The van der Waals surface area contributed by atoms with Gasteiger partial charge in [-0.3, -0.25) is 0 Å². The second kappa shape index (κ2) is 7.04. The predicted molar refractivity (Wildman–Crippen MR) is 85.2 cm³/mol. The molecule has 0 unspecified atom stereocenters. The van der Waals surface area contributed by atoms with Crippen molar-refractivity contribution >= 4 is 5.97 Å². The molecule has 0 fully saturated rings.